The van der Waals surface area contributed by atoms with Crippen LogP contribution in [0, 0.1) is 0 Å². The van der Waals surface area contributed by atoms with Crippen molar-refractivity contribution in [1.29, 1.82) is 0 Å². The lowest BCUT2D eigenvalue weighted by Gasteiger charge is -2.05. The third-order valence-electron chi connectivity index (χ3n) is 4.03. The quantitative estimate of drug-likeness (QED) is 0.682. The summed E-state index contributed by atoms with van der Waals surface area (Å²) in [5, 5.41) is 3.91. The lowest BCUT2D eigenvalue weighted by molar-refractivity contribution is -0.116. The molecule has 128 valence electrons. The Hall–Kier alpha value is -3.01. The maximum Gasteiger partial charge on any atom is 0.243 e. The van der Waals surface area contributed by atoms with Crippen LogP contribution in [0.3, 0.4) is 0 Å². The number of allylic oxidation sites excluding steroid dienone is 1. The first-order valence-electron chi connectivity index (χ1n) is 8.28. The third kappa shape index (κ3) is 3.74. The van der Waals surface area contributed by atoms with E-state index in [2.05, 4.69) is 5.32 Å². The predicted octanol–water partition coefficient (Wildman–Crippen LogP) is 4.34. The SMILES string of the molecule is C/C=C/C(=O)NCCc1c(-c2ccccc2)oc2ccc(OC)cc12. The van der Waals surface area contributed by atoms with Crippen molar-refractivity contribution >= 4 is 16.9 Å². The molecular formula is C21H21NO3. The zero-order valence-electron chi connectivity index (χ0n) is 14.4. The summed E-state index contributed by atoms with van der Waals surface area (Å²) in [6.07, 6.45) is 3.92. The van der Waals surface area contributed by atoms with Gasteiger partial charge in [0, 0.05) is 23.1 Å². The third-order valence-corrected chi connectivity index (χ3v) is 4.03. The largest absolute Gasteiger partial charge is 0.497 e. The van der Waals surface area contributed by atoms with Crippen molar-refractivity contribution in [2.75, 3.05) is 13.7 Å². The lowest BCUT2D eigenvalue weighted by Crippen LogP contribution is -2.23. The van der Waals surface area contributed by atoms with Crippen LogP contribution in [-0.2, 0) is 11.2 Å². The van der Waals surface area contributed by atoms with Gasteiger partial charge in [-0.2, -0.15) is 0 Å². The first-order chi connectivity index (χ1) is 12.2. The van der Waals surface area contributed by atoms with E-state index in [9.17, 15) is 4.79 Å². The molecule has 0 saturated carbocycles. The first kappa shape index (κ1) is 16.8. The summed E-state index contributed by atoms with van der Waals surface area (Å²) in [5.41, 5.74) is 2.91. The van der Waals surface area contributed by atoms with E-state index in [1.165, 1.54) is 6.08 Å². The number of hydrogen-bond acceptors (Lipinski definition) is 3. The van der Waals surface area contributed by atoms with Gasteiger partial charge >= 0.3 is 0 Å². The smallest absolute Gasteiger partial charge is 0.243 e. The zero-order valence-corrected chi connectivity index (χ0v) is 14.4. The fraction of sp³-hybridized carbons (Fsp3) is 0.190. The molecule has 25 heavy (non-hydrogen) atoms. The molecule has 0 aliphatic rings. The maximum absolute atomic E-state index is 11.6. The number of carbonyl (C=O) groups excluding carboxylic acids is 1. The second-order valence-corrected chi connectivity index (χ2v) is 5.68. The second kappa shape index (κ2) is 7.71. The van der Waals surface area contributed by atoms with Crippen LogP contribution >= 0.6 is 0 Å². The van der Waals surface area contributed by atoms with Crippen molar-refractivity contribution in [3.8, 4) is 17.1 Å². The highest BCUT2D eigenvalue weighted by molar-refractivity contribution is 5.90. The Labute approximate surface area is 147 Å². The summed E-state index contributed by atoms with van der Waals surface area (Å²) in [5.74, 6) is 1.53. The fourth-order valence-electron chi connectivity index (χ4n) is 2.85. The van der Waals surface area contributed by atoms with Gasteiger partial charge in [0.1, 0.15) is 17.1 Å². The molecule has 1 aromatic heterocycles. The number of amides is 1. The molecule has 0 spiro atoms. The van der Waals surface area contributed by atoms with Gasteiger partial charge in [-0.1, -0.05) is 36.4 Å². The van der Waals surface area contributed by atoms with Crippen LogP contribution in [0.15, 0.2) is 65.1 Å². The second-order valence-electron chi connectivity index (χ2n) is 5.68. The molecule has 0 saturated heterocycles. The van der Waals surface area contributed by atoms with Crippen molar-refractivity contribution in [2.45, 2.75) is 13.3 Å². The molecule has 1 amide bonds. The van der Waals surface area contributed by atoms with Crippen molar-refractivity contribution in [1.82, 2.24) is 5.32 Å². The average Bonchev–Trinajstić information content (AvgIpc) is 3.00. The van der Waals surface area contributed by atoms with Gasteiger partial charge in [0.2, 0.25) is 5.91 Å². The molecule has 0 aliphatic carbocycles. The summed E-state index contributed by atoms with van der Waals surface area (Å²) >= 11 is 0. The Bertz CT molecular complexity index is 894. The summed E-state index contributed by atoms with van der Waals surface area (Å²) in [6, 6.07) is 15.8. The Kier molecular flexibility index (Phi) is 5.19. The van der Waals surface area contributed by atoms with E-state index >= 15 is 0 Å². The van der Waals surface area contributed by atoms with Crippen LogP contribution in [0.1, 0.15) is 12.5 Å². The van der Waals surface area contributed by atoms with Gasteiger partial charge in [-0.15, -0.1) is 0 Å². The van der Waals surface area contributed by atoms with Crippen LogP contribution in [0.25, 0.3) is 22.3 Å². The number of nitrogens with one attached hydrogen (secondary N) is 1. The van der Waals surface area contributed by atoms with Gasteiger partial charge in [-0.3, -0.25) is 4.79 Å². The predicted molar refractivity (Wildman–Crippen MR) is 99.7 cm³/mol. The molecule has 1 N–H and O–H groups in total. The van der Waals surface area contributed by atoms with Crippen molar-refractivity contribution in [3.05, 3.63) is 66.2 Å². The number of ether oxygens (including phenoxy) is 1. The highest BCUT2D eigenvalue weighted by Crippen LogP contribution is 2.35. The van der Waals surface area contributed by atoms with Gasteiger partial charge in [-0.25, -0.2) is 0 Å². The summed E-state index contributed by atoms with van der Waals surface area (Å²) < 4.78 is 11.5. The van der Waals surface area contributed by atoms with E-state index in [0.29, 0.717) is 13.0 Å². The van der Waals surface area contributed by atoms with Crippen LogP contribution in [0.5, 0.6) is 5.75 Å². The molecule has 0 atom stereocenters. The lowest BCUT2D eigenvalue weighted by atomic mass is 10.0. The molecule has 3 rings (SSSR count). The number of rotatable bonds is 6. The van der Waals surface area contributed by atoms with E-state index in [-0.39, 0.29) is 5.91 Å². The Morgan fingerprint density at radius 3 is 2.72 bits per heavy atom. The van der Waals surface area contributed by atoms with Crippen molar-refractivity contribution in [2.24, 2.45) is 0 Å². The highest BCUT2D eigenvalue weighted by Gasteiger charge is 2.16. The monoisotopic (exact) mass is 335 g/mol. The minimum absolute atomic E-state index is 0.0888. The maximum atomic E-state index is 11.6. The van der Waals surface area contributed by atoms with E-state index in [4.69, 9.17) is 9.15 Å². The van der Waals surface area contributed by atoms with Crippen LogP contribution < -0.4 is 10.1 Å². The summed E-state index contributed by atoms with van der Waals surface area (Å²) in [7, 11) is 1.65. The molecule has 0 bridgehead atoms. The van der Waals surface area contributed by atoms with Gasteiger partial charge in [0.25, 0.3) is 0 Å². The summed E-state index contributed by atoms with van der Waals surface area (Å²) in [6.45, 7) is 2.36. The molecule has 0 aliphatic heterocycles. The van der Waals surface area contributed by atoms with E-state index < -0.39 is 0 Å². The molecule has 0 radical (unpaired) electrons. The Balaban J connectivity index is 1.98. The fourth-order valence-corrected chi connectivity index (χ4v) is 2.85. The molecular weight excluding hydrogens is 314 g/mol. The topological polar surface area (TPSA) is 51.5 Å². The molecule has 4 heteroatoms. The number of furan rings is 1. The van der Waals surface area contributed by atoms with E-state index in [0.717, 1.165) is 33.6 Å². The highest BCUT2D eigenvalue weighted by atomic mass is 16.5. The van der Waals surface area contributed by atoms with Gasteiger partial charge in [0.15, 0.2) is 0 Å². The standard InChI is InChI=1S/C21H21NO3/c1-3-7-20(23)22-13-12-17-18-14-16(24-2)10-11-19(18)25-21(17)15-8-5-4-6-9-15/h3-11,14H,12-13H2,1-2H3,(H,22,23)/b7-3+. The molecule has 1 heterocycles. The van der Waals surface area contributed by atoms with Crippen molar-refractivity contribution in [3.63, 3.8) is 0 Å². The average molecular weight is 335 g/mol. The van der Waals surface area contributed by atoms with E-state index in [1.54, 1.807) is 13.2 Å². The van der Waals surface area contributed by atoms with Gasteiger partial charge in [0.05, 0.1) is 7.11 Å². The van der Waals surface area contributed by atoms with Gasteiger partial charge < -0.3 is 14.5 Å². The minimum Gasteiger partial charge on any atom is -0.497 e. The molecule has 3 aromatic rings. The van der Waals surface area contributed by atoms with E-state index in [1.807, 2.05) is 55.5 Å². The molecule has 4 nitrogen and oxygen atoms in total. The number of hydrogen-bond donors (Lipinski definition) is 1. The molecule has 0 unspecified atom stereocenters. The zero-order chi connectivity index (χ0) is 17.6. The molecule has 2 aromatic carbocycles. The first-order valence-corrected chi connectivity index (χ1v) is 8.28. The number of benzene rings is 2. The normalized spacial score (nSPS) is 11.1. The Morgan fingerprint density at radius 2 is 2.00 bits per heavy atom. The number of carbonyl (C=O) groups is 1. The molecule has 0 fully saturated rings. The van der Waals surface area contributed by atoms with Gasteiger partial charge in [-0.05, 0) is 37.6 Å². The van der Waals surface area contributed by atoms with Crippen molar-refractivity contribution < 1.29 is 13.9 Å². The van der Waals surface area contributed by atoms with Crippen LogP contribution in [-0.4, -0.2) is 19.6 Å². The van der Waals surface area contributed by atoms with Crippen LogP contribution in [0.2, 0.25) is 0 Å². The van der Waals surface area contributed by atoms with Crippen LogP contribution in [0.4, 0.5) is 0 Å². The number of methoxy groups -OCH3 is 1. The Morgan fingerprint density at radius 1 is 1.20 bits per heavy atom. The minimum atomic E-state index is -0.0888. The number of fused-ring (bicyclic) bond motifs is 1. The summed E-state index contributed by atoms with van der Waals surface area (Å²) in [4.78, 5) is 11.6.